The molecule has 3 nitrogen and oxygen atoms in total. The number of aromatic nitrogens is 1. The van der Waals surface area contributed by atoms with Gasteiger partial charge in [0.15, 0.2) is 0 Å². The number of hydrogen-bond acceptors (Lipinski definition) is 3. The lowest BCUT2D eigenvalue weighted by Gasteiger charge is -2.22. The van der Waals surface area contributed by atoms with Gasteiger partial charge in [0.25, 0.3) is 0 Å². The molecule has 2 aromatic rings. The van der Waals surface area contributed by atoms with Gasteiger partial charge in [-0.15, -0.1) is 22.9 Å². The summed E-state index contributed by atoms with van der Waals surface area (Å²) in [4.78, 5) is 16.5. The van der Waals surface area contributed by atoms with Gasteiger partial charge in [-0.05, 0) is 17.0 Å². The number of halogens is 1. The van der Waals surface area contributed by atoms with Gasteiger partial charge in [0.1, 0.15) is 5.01 Å². The van der Waals surface area contributed by atoms with E-state index in [0.29, 0.717) is 5.88 Å². The maximum absolute atomic E-state index is 12.2. The Labute approximate surface area is 134 Å². The van der Waals surface area contributed by atoms with E-state index in [9.17, 15) is 4.79 Å². The Morgan fingerprint density at radius 2 is 2.05 bits per heavy atom. The van der Waals surface area contributed by atoms with Crippen LogP contribution in [-0.4, -0.2) is 10.9 Å². The molecular weight excluding hydrogens is 304 g/mol. The predicted octanol–water partition coefficient (Wildman–Crippen LogP) is 4.36. The van der Waals surface area contributed by atoms with Gasteiger partial charge in [-0.2, -0.15) is 0 Å². The number of amides is 1. The van der Waals surface area contributed by atoms with Crippen LogP contribution in [0.3, 0.4) is 0 Å². The second-order valence-electron chi connectivity index (χ2n) is 5.89. The molecule has 1 heterocycles. The minimum atomic E-state index is -0.0535. The van der Waals surface area contributed by atoms with Gasteiger partial charge < -0.3 is 5.32 Å². The normalized spacial score (nSPS) is 11.4. The van der Waals surface area contributed by atoms with Crippen molar-refractivity contribution in [1.82, 2.24) is 4.98 Å². The smallest absolute Gasteiger partial charge is 0.231 e. The van der Waals surface area contributed by atoms with E-state index in [1.54, 1.807) is 0 Å². The third-order valence-corrected chi connectivity index (χ3v) is 4.23. The number of rotatable bonds is 4. The second-order valence-corrected chi connectivity index (χ2v) is 7.10. The van der Waals surface area contributed by atoms with E-state index in [1.165, 1.54) is 11.3 Å². The Balaban J connectivity index is 2.09. The molecular formula is C16H19ClN2OS. The molecule has 0 saturated heterocycles. The summed E-state index contributed by atoms with van der Waals surface area (Å²) in [6.45, 7) is 6.39. The molecule has 1 N–H and O–H groups in total. The molecule has 1 aromatic heterocycles. The lowest BCUT2D eigenvalue weighted by Crippen LogP contribution is -2.19. The van der Waals surface area contributed by atoms with Crippen LogP contribution in [0.25, 0.3) is 0 Å². The highest BCUT2D eigenvalue weighted by Crippen LogP contribution is 2.29. The molecule has 0 atom stereocenters. The Morgan fingerprint density at radius 1 is 1.33 bits per heavy atom. The fourth-order valence-corrected chi connectivity index (χ4v) is 3.09. The number of hydrogen-bond donors (Lipinski definition) is 1. The summed E-state index contributed by atoms with van der Waals surface area (Å²) in [5, 5.41) is 5.66. The van der Waals surface area contributed by atoms with Crippen LogP contribution in [-0.2, 0) is 22.5 Å². The highest BCUT2D eigenvalue weighted by atomic mass is 35.5. The van der Waals surface area contributed by atoms with Crippen LogP contribution < -0.4 is 5.32 Å². The van der Waals surface area contributed by atoms with E-state index in [0.717, 1.165) is 22.0 Å². The van der Waals surface area contributed by atoms with Gasteiger partial charge >= 0.3 is 0 Å². The van der Waals surface area contributed by atoms with E-state index in [1.807, 2.05) is 29.6 Å². The molecule has 0 fully saturated rings. The van der Waals surface area contributed by atoms with E-state index in [-0.39, 0.29) is 17.7 Å². The van der Waals surface area contributed by atoms with Crippen LogP contribution in [0.1, 0.15) is 37.0 Å². The molecule has 112 valence electrons. The van der Waals surface area contributed by atoms with Crippen LogP contribution in [0.5, 0.6) is 0 Å². The number of anilines is 1. The van der Waals surface area contributed by atoms with Crippen LogP contribution >= 0.6 is 22.9 Å². The molecule has 1 aromatic carbocycles. The maximum atomic E-state index is 12.2. The maximum Gasteiger partial charge on any atom is 0.231 e. The monoisotopic (exact) mass is 322 g/mol. The van der Waals surface area contributed by atoms with E-state index < -0.39 is 0 Å². The largest absolute Gasteiger partial charge is 0.325 e. The molecule has 0 aliphatic rings. The summed E-state index contributed by atoms with van der Waals surface area (Å²) in [5.41, 5.74) is 2.79. The van der Waals surface area contributed by atoms with Crippen molar-refractivity contribution in [2.24, 2.45) is 0 Å². The third kappa shape index (κ3) is 4.29. The number of nitrogens with one attached hydrogen (secondary N) is 1. The Kier molecular flexibility index (Phi) is 5.01. The van der Waals surface area contributed by atoms with Crippen molar-refractivity contribution >= 4 is 34.5 Å². The first-order chi connectivity index (χ1) is 9.90. The van der Waals surface area contributed by atoms with Gasteiger partial charge in [-0.1, -0.05) is 39.0 Å². The number of benzene rings is 1. The number of alkyl halides is 1. The molecule has 0 aliphatic carbocycles. The van der Waals surface area contributed by atoms with Gasteiger partial charge in [-0.25, -0.2) is 4.98 Å². The number of carbonyl (C=O) groups is 1. The summed E-state index contributed by atoms with van der Waals surface area (Å²) < 4.78 is 0. The molecule has 21 heavy (non-hydrogen) atoms. The Hall–Kier alpha value is -1.39. The number of carbonyl (C=O) groups excluding carboxylic acids is 1. The average Bonchev–Trinajstić information content (AvgIpc) is 2.85. The van der Waals surface area contributed by atoms with E-state index >= 15 is 0 Å². The van der Waals surface area contributed by atoms with E-state index in [2.05, 4.69) is 31.1 Å². The Bertz CT molecular complexity index is 631. The fourth-order valence-electron chi connectivity index (χ4n) is 2.07. The molecule has 0 unspecified atom stereocenters. The lowest BCUT2D eigenvalue weighted by atomic mass is 9.86. The predicted molar refractivity (Wildman–Crippen MR) is 89.1 cm³/mol. The SMILES string of the molecule is CC(C)(C)c1ccccc1NC(=O)Cc1nc(CCl)cs1. The van der Waals surface area contributed by atoms with Gasteiger partial charge in [0, 0.05) is 11.1 Å². The number of nitrogens with zero attached hydrogens (tertiary/aromatic N) is 1. The minimum absolute atomic E-state index is 0.0170. The number of thiazole rings is 1. The van der Waals surface area contributed by atoms with Crippen LogP contribution in [0.2, 0.25) is 0 Å². The van der Waals surface area contributed by atoms with Crippen molar-refractivity contribution in [3.63, 3.8) is 0 Å². The topological polar surface area (TPSA) is 42.0 Å². The molecule has 5 heteroatoms. The van der Waals surface area contributed by atoms with Crippen LogP contribution in [0.15, 0.2) is 29.6 Å². The van der Waals surface area contributed by atoms with Gasteiger partial charge in [0.2, 0.25) is 5.91 Å². The van der Waals surface area contributed by atoms with Gasteiger partial charge in [0.05, 0.1) is 18.0 Å². The minimum Gasteiger partial charge on any atom is -0.325 e. The third-order valence-electron chi connectivity index (χ3n) is 3.06. The van der Waals surface area contributed by atoms with Crippen molar-refractivity contribution in [1.29, 1.82) is 0 Å². The summed E-state index contributed by atoms with van der Waals surface area (Å²) in [7, 11) is 0. The first-order valence-corrected chi connectivity index (χ1v) is 8.20. The van der Waals surface area contributed by atoms with Crippen LogP contribution in [0.4, 0.5) is 5.69 Å². The highest BCUT2D eigenvalue weighted by Gasteiger charge is 2.18. The molecule has 1 amide bonds. The van der Waals surface area contributed by atoms with Crippen molar-refractivity contribution in [2.45, 2.75) is 38.5 Å². The molecule has 0 bridgehead atoms. The van der Waals surface area contributed by atoms with Crippen molar-refractivity contribution < 1.29 is 4.79 Å². The van der Waals surface area contributed by atoms with Crippen LogP contribution in [0, 0.1) is 0 Å². The molecule has 0 spiro atoms. The number of para-hydroxylation sites is 1. The average molecular weight is 323 g/mol. The summed E-state index contributed by atoms with van der Waals surface area (Å²) in [6, 6.07) is 7.90. The zero-order valence-electron chi connectivity index (χ0n) is 12.4. The van der Waals surface area contributed by atoms with E-state index in [4.69, 9.17) is 11.6 Å². The lowest BCUT2D eigenvalue weighted by molar-refractivity contribution is -0.115. The summed E-state index contributed by atoms with van der Waals surface area (Å²) >= 11 is 7.19. The molecule has 0 aliphatic heterocycles. The zero-order valence-corrected chi connectivity index (χ0v) is 14.0. The summed E-state index contributed by atoms with van der Waals surface area (Å²) in [5.74, 6) is 0.326. The van der Waals surface area contributed by atoms with Crippen molar-refractivity contribution in [2.75, 3.05) is 5.32 Å². The Morgan fingerprint density at radius 3 is 2.67 bits per heavy atom. The fraction of sp³-hybridized carbons (Fsp3) is 0.375. The standard InChI is InChI=1S/C16H19ClN2OS/c1-16(2,3)12-6-4-5-7-13(12)19-14(20)8-15-18-11(9-17)10-21-15/h4-7,10H,8-9H2,1-3H3,(H,19,20). The molecule has 0 saturated carbocycles. The summed E-state index contributed by atoms with van der Waals surface area (Å²) in [6.07, 6.45) is 0.278. The van der Waals surface area contributed by atoms with Crippen molar-refractivity contribution in [3.8, 4) is 0 Å². The molecule has 2 rings (SSSR count). The van der Waals surface area contributed by atoms with Crippen molar-refractivity contribution in [3.05, 3.63) is 45.9 Å². The zero-order chi connectivity index (χ0) is 15.5. The highest BCUT2D eigenvalue weighted by molar-refractivity contribution is 7.09. The quantitative estimate of drug-likeness (QED) is 0.850. The van der Waals surface area contributed by atoms with Gasteiger partial charge in [-0.3, -0.25) is 4.79 Å². The first kappa shape index (κ1) is 16.0. The first-order valence-electron chi connectivity index (χ1n) is 6.79. The molecule has 0 radical (unpaired) electrons. The second kappa shape index (κ2) is 6.58.